The molecule has 1 amide bonds. The summed E-state index contributed by atoms with van der Waals surface area (Å²) in [4.78, 5) is 14.9. The zero-order valence-electron chi connectivity index (χ0n) is 16.7. The lowest BCUT2D eigenvalue weighted by Gasteiger charge is -2.28. The van der Waals surface area contributed by atoms with Gasteiger partial charge in [0.1, 0.15) is 0 Å². The first kappa shape index (κ1) is 21.0. The minimum atomic E-state index is -4.53. The van der Waals surface area contributed by atoms with E-state index in [1.165, 1.54) is 36.4 Å². The van der Waals surface area contributed by atoms with Crippen LogP contribution in [0.25, 0.3) is 0 Å². The van der Waals surface area contributed by atoms with Crippen LogP contribution in [-0.4, -0.2) is 39.0 Å². The second-order valence-electron chi connectivity index (χ2n) is 7.72. The van der Waals surface area contributed by atoms with E-state index >= 15 is 0 Å². The molecule has 0 spiro atoms. The molecule has 1 N–H and O–H groups in total. The SMILES string of the molecule is CC(Sc1nnc(N2CCCCC2)n1C1CC1)C(=O)Nc1ccccc1C(F)(F)F. The number of anilines is 2. The molecule has 30 heavy (non-hydrogen) atoms. The van der Waals surface area contributed by atoms with E-state index < -0.39 is 22.9 Å². The molecule has 1 unspecified atom stereocenters. The Balaban J connectivity index is 1.49. The van der Waals surface area contributed by atoms with Crippen molar-refractivity contribution in [3.05, 3.63) is 29.8 Å². The van der Waals surface area contributed by atoms with Crippen molar-refractivity contribution in [3.8, 4) is 0 Å². The number of hydrogen-bond donors (Lipinski definition) is 1. The fourth-order valence-electron chi connectivity index (χ4n) is 3.60. The predicted molar refractivity (Wildman–Crippen MR) is 110 cm³/mol. The maximum absolute atomic E-state index is 13.2. The van der Waals surface area contributed by atoms with Gasteiger partial charge in [-0.3, -0.25) is 9.36 Å². The Morgan fingerprint density at radius 2 is 1.87 bits per heavy atom. The summed E-state index contributed by atoms with van der Waals surface area (Å²) in [6.45, 7) is 3.56. The third kappa shape index (κ3) is 4.58. The van der Waals surface area contributed by atoms with E-state index in [2.05, 4.69) is 25.0 Å². The highest BCUT2D eigenvalue weighted by atomic mass is 32.2. The van der Waals surface area contributed by atoms with E-state index in [4.69, 9.17) is 0 Å². The maximum Gasteiger partial charge on any atom is 0.418 e. The zero-order chi connectivity index (χ0) is 21.3. The van der Waals surface area contributed by atoms with Gasteiger partial charge in [-0.1, -0.05) is 23.9 Å². The number of para-hydroxylation sites is 1. The van der Waals surface area contributed by atoms with Crippen LogP contribution in [0.3, 0.4) is 0 Å². The molecule has 0 radical (unpaired) electrons. The summed E-state index contributed by atoms with van der Waals surface area (Å²) < 4.78 is 41.7. The lowest BCUT2D eigenvalue weighted by atomic mass is 10.1. The van der Waals surface area contributed by atoms with Gasteiger partial charge >= 0.3 is 6.18 Å². The van der Waals surface area contributed by atoms with Crippen molar-refractivity contribution in [3.63, 3.8) is 0 Å². The van der Waals surface area contributed by atoms with E-state index in [1.807, 2.05) is 0 Å². The fourth-order valence-corrected chi connectivity index (χ4v) is 4.51. The number of carbonyl (C=O) groups is 1. The van der Waals surface area contributed by atoms with Crippen molar-refractivity contribution in [2.24, 2.45) is 0 Å². The predicted octanol–water partition coefficient (Wildman–Crippen LogP) is 4.74. The number of halogens is 3. The van der Waals surface area contributed by atoms with Crippen LogP contribution >= 0.6 is 11.8 Å². The van der Waals surface area contributed by atoms with Crippen LogP contribution in [0.5, 0.6) is 0 Å². The van der Waals surface area contributed by atoms with Gasteiger partial charge < -0.3 is 10.2 Å². The molecule has 6 nitrogen and oxygen atoms in total. The van der Waals surface area contributed by atoms with E-state index in [-0.39, 0.29) is 5.69 Å². The van der Waals surface area contributed by atoms with Gasteiger partial charge in [-0.15, -0.1) is 10.2 Å². The molecule has 2 fully saturated rings. The standard InChI is InChI=1S/C20H24F3N5OS/c1-13(17(29)24-16-8-4-3-7-15(16)20(21,22)23)30-19-26-25-18(28(19)14-9-10-14)27-11-5-2-6-12-27/h3-4,7-8,13-14H,2,5-6,9-12H2,1H3,(H,24,29). The number of alkyl halides is 3. The summed E-state index contributed by atoms with van der Waals surface area (Å²) in [6.07, 6.45) is 1.02. The number of rotatable bonds is 6. The van der Waals surface area contributed by atoms with Crippen LogP contribution in [0.1, 0.15) is 50.6 Å². The molecule has 1 atom stereocenters. The van der Waals surface area contributed by atoms with E-state index in [0.29, 0.717) is 11.2 Å². The Morgan fingerprint density at radius 3 is 2.53 bits per heavy atom. The van der Waals surface area contributed by atoms with Crippen LogP contribution in [0.15, 0.2) is 29.4 Å². The highest BCUT2D eigenvalue weighted by Crippen LogP contribution is 2.42. The molecule has 4 rings (SSSR count). The Morgan fingerprint density at radius 1 is 1.17 bits per heavy atom. The summed E-state index contributed by atoms with van der Waals surface area (Å²) in [7, 11) is 0. The molecular weight excluding hydrogens is 415 g/mol. The zero-order valence-corrected chi connectivity index (χ0v) is 17.5. The smallest absolute Gasteiger partial charge is 0.341 e. The highest BCUT2D eigenvalue weighted by molar-refractivity contribution is 8.00. The molecule has 10 heteroatoms. The number of nitrogens with one attached hydrogen (secondary N) is 1. The molecule has 1 saturated heterocycles. The molecule has 1 aliphatic heterocycles. The minimum absolute atomic E-state index is 0.236. The van der Waals surface area contributed by atoms with Crippen LogP contribution < -0.4 is 10.2 Å². The molecule has 0 bridgehead atoms. The van der Waals surface area contributed by atoms with Gasteiger partial charge in [0, 0.05) is 19.1 Å². The van der Waals surface area contributed by atoms with Gasteiger partial charge in [-0.05, 0) is 51.2 Å². The average molecular weight is 440 g/mol. The second kappa shape index (κ2) is 8.49. The van der Waals surface area contributed by atoms with Crippen molar-refractivity contribution in [2.45, 2.75) is 61.7 Å². The molecule has 2 aromatic rings. The summed E-state index contributed by atoms with van der Waals surface area (Å²) >= 11 is 1.23. The Bertz CT molecular complexity index is 906. The van der Waals surface area contributed by atoms with Crippen molar-refractivity contribution in [2.75, 3.05) is 23.3 Å². The first-order valence-corrected chi connectivity index (χ1v) is 11.1. The first-order chi connectivity index (χ1) is 14.3. The summed E-state index contributed by atoms with van der Waals surface area (Å²) in [5.74, 6) is 0.344. The lowest BCUT2D eigenvalue weighted by Crippen LogP contribution is -2.32. The number of hydrogen-bond acceptors (Lipinski definition) is 5. The fraction of sp³-hybridized carbons (Fsp3) is 0.550. The normalized spacial score (nSPS) is 18.3. The second-order valence-corrected chi connectivity index (χ2v) is 9.03. The maximum atomic E-state index is 13.2. The minimum Gasteiger partial charge on any atom is -0.341 e. The molecule has 2 aliphatic rings. The van der Waals surface area contributed by atoms with E-state index in [9.17, 15) is 18.0 Å². The number of carbonyl (C=O) groups excluding carboxylic acids is 1. The van der Waals surface area contributed by atoms with Crippen molar-refractivity contribution < 1.29 is 18.0 Å². The molecule has 162 valence electrons. The number of amides is 1. The Hall–Kier alpha value is -2.23. The summed E-state index contributed by atoms with van der Waals surface area (Å²) in [6, 6.07) is 5.33. The molecular formula is C20H24F3N5OS. The molecule has 1 saturated carbocycles. The number of thioether (sulfide) groups is 1. The molecule has 1 aromatic heterocycles. The monoisotopic (exact) mass is 439 g/mol. The van der Waals surface area contributed by atoms with E-state index in [1.54, 1.807) is 6.92 Å². The van der Waals surface area contributed by atoms with Gasteiger partial charge in [0.15, 0.2) is 5.16 Å². The van der Waals surface area contributed by atoms with Crippen LogP contribution in [0, 0.1) is 0 Å². The molecule has 1 aliphatic carbocycles. The Labute approximate surface area is 177 Å². The van der Waals surface area contributed by atoms with Gasteiger partial charge in [0.2, 0.25) is 11.9 Å². The average Bonchev–Trinajstić information content (AvgIpc) is 3.48. The third-order valence-electron chi connectivity index (χ3n) is 5.34. The van der Waals surface area contributed by atoms with Crippen LogP contribution in [-0.2, 0) is 11.0 Å². The van der Waals surface area contributed by atoms with Crippen LogP contribution in [0.4, 0.5) is 24.8 Å². The number of nitrogens with zero attached hydrogens (tertiary/aromatic N) is 4. The van der Waals surface area contributed by atoms with Gasteiger partial charge in [-0.25, -0.2) is 0 Å². The lowest BCUT2D eigenvalue weighted by molar-refractivity contribution is -0.137. The summed E-state index contributed by atoms with van der Waals surface area (Å²) in [5.41, 5.74) is -1.09. The van der Waals surface area contributed by atoms with Gasteiger partial charge in [0.05, 0.1) is 16.5 Å². The molecule has 1 aromatic carbocycles. The number of piperidine rings is 1. The number of benzene rings is 1. The van der Waals surface area contributed by atoms with Crippen molar-refractivity contribution in [1.82, 2.24) is 14.8 Å². The van der Waals surface area contributed by atoms with Crippen molar-refractivity contribution >= 4 is 29.3 Å². The largest absolute Gasteiger partial charge is 0.418 e. The Kier molecular flexibility index (Phi) is 5.95. The quantitative estimate of drug-likeness (QED) is 0.659. The van der Waals surface area contributed by atoms with Gasteiger partial charge in [-0.2, -0.15) is 13.2 Å². The summed E-state index contributed by atoms with van der Waals surface area (Å²) in [5, 5.41) is 11.1. The van der Waals surface area contributed by atoms with Gasteiger partial charge in [0.25, 0.3) is 0 Å². The topological polar surface area (TPSA) is 63.1 Å². The molecule has 2 heterocycles. The van der Waals surface area contributed by atoms with Crippen LogP contribution in [0.2, 0.25) is 0 Å². The third-order valence-corrected chi connectivity index (χ3v) is 6.40. The van der Waals surface area contributed by atoms with E-state index in [0.717, 1.165) is 50.8 Å². The number of aromatic nitrogens is 3. The van der Waals surface area contributed by atoms with Crippen molar-refractivity contribution in [1.29, 1.82) is 0 Å². The first-order valence-electron chi connectivity index (χ1n) is 10.2. The highest BCUT2D eigenvalue weighted by Gasteiger charge is 2.35.